The second-order valence-corrected chi connectivity index (χ2v) is 8.56. The maximum Gasteiger partial charge on any atom is 0.306 e. The Labute approximate surface area is 165 Å². The average Bonchev–Trinajstić information content (AvgIpc) is 3.06. The van der Waals surface area contributed by atoms with Crippen molar-refractivity contribution in [3.05, 3.63) is 54.3 Å². The van der Waals surface area contributed by atoms with E-state index in [0.717, 1.165) is 27.7 Å². The number of fused-ring (bicyclic) bond motifs is 1. The van der Waals surface area contributed by atoms with Crippen molar-refractivity contribution in [3.63, 3.8) is 0 Å². The van der Waals surface area contributed by atoms with Gasteiger partial charge in [0.15, 0.2) is 5.13 Å². The van der Waals surface area contributed by atoms with Gasteiger partial charge in [-0.05, 0) is 48.6 Å². The molecule has 4 nitrogen and oxygen atoms in total. The van der Waals surface area contributed by atoms with E-state index in [-0.39, 0.29) is 17.9 Å². The molecule has 0 bridgehead atoms. The largest absolute Gasteiger partial charge is 0.459 e. The van der Waals surface area contributed by atoms with Crippen LogP contribution in [0, 0.1) is 5.82 Å². The van der Waals surface area contributed by atoms with Gasteiger partial charge in [-0.2, -0.15) is 0 Å². The summed E-state index contributed by atoms with van der Waals surface area (Å²) in [7, 11) is 0. The van der Waals surface area contributed by atoms with E-state index in [9.17, 15) is 9.18 Å². The highest BCUT2D eigenvalue weighted by Crippen LogP contribution is 2.31. The van der Waals surface area contributed by atoms with Gasteiger partial charge < -0.3 is 9.64 Å². The second kappa shape index (κ2) is 8.27. The fraction of sp³-hybridized carbons (Fsp3) is 0.300. The number of benzene rings is 2. The summed E-state index contributed by atoms with van der Waals surface area (Å²) in [4.78, 5) is 19.7. The predicted molar refractivity (Wildman–Crippen MR) is 108 cm³/mol. The number of carbonyl (C=O) groups is 1. The Morgan fingerprint density at radius 1 is 1.22 bits per heavy atom. The molecule has 0 atom stereocenters. The predicted octanol–water partition coefficient (Wildman–Crippen LogP) is 4.74. The van der Waals surface area contributed by atoms with Gasteiger partial charge in [0.25, 0.3) is 0 Å². The summed E-state index contributed by atoms with van der Waals surface area (Å²) in [5.74, 6) is 0.426. The first-order chi connectivity index (χ1) is 13.2. The van der Waals surface area contributed by atoms with Crippen LogP contribution in [-0.4, -0.2) is 35.9 Å². The number of hydrogen-bond donors (Lipinski definition) is 0. The molecule has 1 fully saturated rings. The van der Waals surface area contributed by atoms with Crippen LogP contribution >= 0.6 is 23.1 Å². The minimum atomic E-state index is -0.233. The Morgan fingerprint density at radius 2 is 2.00 bits per heavy atom. The lowest BCUT2D eigenvalue weighted by atomic mass is 10.2. The monoisotopic (exact) mass is 402 g/mol. The SMILES string of the molecule is O=C(CCCSc1ccc(F)cc1)OC1CN(c2nc3ccccc3s2)C1. The van der Waals surface area contributed by atoms with E-state index < -0.39 is 0 Å². The molecule has 2 heterocycles. The molecule has 0 aliphatic carbocycles. The first-order valence-electron chi connectivity index (χ1n) is 8.86. The molecule has 4 rings (SSSR count). The van der Waals surface area contributed by atoms with Crippen molar-refractivity contribution in [1.29, 1.82) is 0 Å². The zero-order valence-electron chi connectivity index (χ0n) is 14.6. The molecule has 0 saturated carbocycles. The molecule has 1 aliphatic heterocycles. The number of thiazole rings is 1. The van der Waals surface area contributed by atoms with Crippen LogP contribution in [0.15, 0.2) is 53.4 Å². The van der Waals surface area contributed by atoms with E-state index in [1.165, 1.54) is 16.8 Å². The van der Waals surface area contributed by atoms with Crippen molar-refractivity contribution in [2.45, 2.75) is 23.8 Å². The topological polar surface area (TPSA) is 42.4 Å². The van der Waals surface area contributed by atoms with Crippen molar-refractivity contribution in [2.75, 3.05) is 23.7 Å². The minimum Gasteiger partial charge on any atom is -0.459 e. The number of esters is 1. The molecular formula is C20H19FN2O2S2. The van der Waals surface area contributed by atoms with Gasteiger partial charge in [-0.15, -0.1) is 11.8 Å². The number of hydrogen-bond acceptors (Lipinski definition) is 6. The van der Waals surface area contributed by atoms with Gasteiger partial charge in [0.05, 0.1) is 23.3 Å². The molecule has 27 heavy (non-hydrogen) atoms. The molecule has 2 aromatic carbocycles. The highest BCUT2D eigenvalue weighted by atomic mass is 32.2. The summed E-state index contributed by atoms with van der Waals surface area (Å²) in [6, 6.07) is 14.5. The highest BCUT2D eigenvalue weighted by Gasteiger charge is 2.31. The summed E-state index contributed by atoms with van der Waals surface area (Å²) < 4.78 is 19.5. The molecule has 1 aromatic heterocycles. The van der Waals surface area contributed by atoms with E-state index in [0.29, 0.717) is 19.5 Å². The lowest BCUT2D eigenvalue weighted by Gasteiger charge is -2.38. The molecule has 0 N–H and O–H groups in total. The summed E-state index contributed by atoms with van der Waals surface area (Å²) >= 11 is 3.29. The van der Waals surface area contributed by atoms with Gasteiger partial charge in [-0.3, -0.25) is 4.79 Å². The maximum atomic E-state index is 12.9. The van der Waals surface area contributed by atoms with E-state index >= 15 is 0 Å². The third kappa shape index (κ3) is 4.59. The third-order valence-corrected chi connectivity index (χ3v) is 6.50. The Bertz CT molecular complexity index is 890. The smallest absolute Gasteiger partial charge is 0.306 e. The van der Waals surface area contributed by atoms with Gasteiger partial charge in [-0.1, -0.05) is 23.5 Å². The van der Waals surface area contributed by atoms with Crippen LogP contribution in [0.2, 0.25) is 0 Å². The van der Waals surface area contributed by atoms with Crippen LogP contribution in [0.1, 0.15) is 12.8 Å². The van der Waals surface area contributed by atoms with Gasteiger partial charge >= 0.3 is 5.97 Å². The van der Waals surface area contributed by atoms with E-state index in [2.05, 4.69) is 16.0 Å². The maximum absolute atomic E-state index is 12.9. The van der Waals surface area contributed by atoms with Crippen LogP contribution in [-0.2, 0) is 9.53 Å². The van der Waals surface area contributed by atoms with Crippen LogP contribution in [0.4, 0.5) is 9.52 Å². The number of rotatable bonds is 7. The molecule has 1 aliphatic rings. The first kappa shape index (κ1) is 18.3. The number of thioether (sulfide) groups is 1. The van der Waals surface area contributed by atoms with Crippen LogP contribution in [0.5, 0.6) is 0 Å². The molecule has 0 radical (unpaired) electrons. The van der Waals surface area contributed by atoms with Crippen molar-refractivity contribution >= 4 is 44.4 Å². The lowest BCUT2D eigenvalue weighted by molar-refractivity contribution is -0.150. The standard InChI is InChI=1S/C20H19FN2O2S2/c21-14-7-9-16(10-8-14)26-11-3-6-19(24)25-15-12-23(13-15)20-22-17-4-1-2-5-18(17)27-20/h1-2,4-5,7-10,15H,3,6,11-13H2. The molecule has 3 aromatic rings. The molecule has 0 spiro atoms. The Hall–Kier alpha value is -2.12. The van der Waals surface area contributed by atoms with Gasteiger partial charge in [0.2, 0.25) is 0 Å². The molecule has 0 unspecified atom stereocenters. The summed E-state index contributed by atoms with van der Waals surface area (Å²) in [6.07, 6.45) is 1.11. The van der Waals surface area contributed by atoms with Crippen molar-refractivity contribution in [1.82, 2.24) is 4.98 Å². The molecular weight excluding hydrogens is 383 g/mol. The average molecular weight is 403 g/mol. The van der Waals surface area contributed by atoms with Gasteiger partial charge in [0.1, 0.15) is 11.9 Å². The van der Waals surface area contributed by atoms with E-state index in [1.807, 2.05) is 18.2 Å². The number of anilines is 1. The van der Waals surface area contributed by atoms with E-state index in [4.69, 9.17) is 4.74 Å². The van der Waals surface area contributed by atoms with Crippen LogP contribution in [0.3, 0.4) is 0 Å². The third-order valence-electron chi connectivity index (χ3n) is 4.31. The summed E-state index contributed by atoms with van der Waals surface area (Å²) in [5.41, 5.74) is 1.01. The summed E-state index contributed by atoms with van der Waals surface area (Å²) in [6.45, 7) is 1.41. The molecule has 7 heteroatoms. The Balaban J connectivity index is 1.15. The Morgan fingerprint density at radius 3 is 2.78 bits per heavy atom. The first-order valence-corrected chi connectivity index (χ1v) is 10.7. The van der Waals surface area contributed by atoms with Gasteiger partial charge in [-0.25, -0.2) is 9.37 Å². The number of nitrogens with zero attached hydrogens (tertiary/aromatic N) is 2. The van der Waals surface area contributed by atoms with Crippen molar-refractivity contribution < 1.29 is 13.9 Å². The molecule has 140 valence electrons. The number of aromatic nitrogens is 1. The fourth-order valence-corrected chi connectivity index (χ4v) is 4.68. The Kier molecular flexibility index (Phi) is 5.59. The van der Waals surface area contributed by atoms with Gasteiger partial charge in [0, 0.05) is 11.3 Å². The normalized spacial score (nSPS) is 14.3. The number of para-hydroxylation sites is 1. The molecule has 0 amide bonds. The second-order valence-electron chi connectivity index (χ2n) is 6.39. The zero-order chi connectivity index (χ0) is 18.6. The minimum absolute atomic E-state index is 0.0470. The number of carbonyl (C=O) groups excluding carboxylic acids is 1. The van der Waals surface area contributed by atoms with Crippen molar-refractivity contribution in [2.24, 2.45) is 0 Å². The quantitative estimate of drug-likeness (QED) is 0.324. The zero-order valence-corrected chi connectivity index (χ0v) is 16.3. The number of ether oxygens (including phenoxy) is 1. The fourth-order valence-electron chi connectivity index (χ4n) is 2.85. The van der Waals surface area contributed by atoms with E-state index in [1.54, 1.807) is 35.2 Å². The van der Waals surface area contributed by atoms with Crippen molar-refractivity contribution in [3.8, 4) is 0 Å². The van der Waals surface area contributed by atoms with Crippen LogP contribution < -0.4 is 4.90 Å². The lowest BCUT2D eigenvalue weighted by Crippen LogP contribution is -2.53. The highest BCUT2D eigenvalue weighted by molar-refractivity contribution is 7.99. The summed E-state index contributed by atoms with van der Waals surface area (Å²) in [5, 5.41) is 0.985. The molecule has 1 saturated heterocycles. The number of halogens is 1. The van der Waals surface area contributed by atoms with Crippen LogP contribution in [0.25, 0.3) is 10.2 Å².